The van der Waals surface area contributed by atoms with E-state index in [9.17, 15) is 9.59 Å². The summed E-state index contributed by atoms with van der Waals surface area (Å²) in [7, 11) is 1.60. The first-order valence-corrected chi connectivity index (χ1v) is 9.50. The van der Waals surface area contributed by atoms with Crippen molar-refractivity contribution in [3.05, 3.63) is 76.8 Å². The molecule has 3 N–H and O–H groups in total. The third-order valence-electron chi connectivity index (χ3n) is 4.50. The van der Waals surface area contributed by atoms with Crippen molar-refractivity contribution in [2.75, 3.05) is 17.7 Å². The van der Waals surface area contributed by atoms with Crippen LogP contribution >= 0.6 is 11.6 Å². The van der Waals surface area contributed by atoms with Crippen LogP contribution < -0.4 is 25.4 Å². The van der Waals surface area contributed by atoms with E-state index < -0.39 is 6.03 Å². The van der Waals surface area contributed by atoms with Crippen LogP contribution in [0, 0.1) is 0 Å². The second-order valence-electron chi connectivity index (χ2n) is 6.56. The number of anilines is 2. The molecule has 3 aromatic carbocycles. The maximum atomic E-state index is 12.6. The van der Waals surface area contributed by atoms with Gasteiger partial charge >= 0.3 is 6.03 Å². The first-order valence-electron chi connectivity index (χ1n) is 9.12. The molecule has 8 heteroatoms. The summed E-state index contributed by atoms with van der Waals surface area (Å²) >= 11 is 5.99. The molecular formula is C22H18ClN3O4. The lowest BCUT2D eigenvalue weighted by molar-refractivity contribution is 0.102. The van der Waals surface area contributed by atoms with E-state index in [4.69, 9.17) is 21.1 Å². The number of carbonyl (C=O) groups is 2. The fraction of sp³-hybridized carbons (Fsp3) is 0.0909. The average molecular weight is 424 g/mol. The number of rotatable bonds is 4. The maximum absolute atomic E-state index is 12.6. The van der Waals surface area contributed by atoms with Crippen molar-refractivity contribution in [2.24, 2.45) is 0 Å². The van der Waals surface area contributed by atoms with Gasteiger partial charge in [0.15, 0.2) is 5.75 Å². The van der Waals surface area contributed by atoms with Gasteiger partial charge in [0.2, 0.25) is 0 Å². The summed E-state index contributed by atoms with van der Waals surface area (Å²) in [5.41, 5.74) is 2.17. The van der Waals surface area contributed by atoms with E-state index in [2.05, 4.69) is 16.0 Å². The van der Waals surface area contributed by atoms with Crippen molar-refractivity contribution < 1.29 is 19.1 Å². The lowest BCUT2D eigenvalue weighted by Gasteiger charge is -2.11. The number of fused-ring (bicyclic) bond motifs is 2. The van der Waals surface area contributed by atoms with Gasteiger partial charge in [-0.15, -0.1) is 0 Å². The monoisotopic (exact) mass is 423 g/mol. The van der Waals surface area contributed by atoms with Gasteiger partial charge in [-0.2, -0.15) is 0 Å². The smallest absolute Gasteiger partial charge is 0.319 e. The molecule has 0 bridgehead atoms. The van der Waals surface area contributed by atoms with E-state index in [1.54, 1.807) is 43.5 Å². The predicted molar refractivity (Wildman–Crippen MR) is 115 cm³/mol. The Morgan fingerprint density at radius 1 is 1.07 bits per heavy atom. The fourth-order valence-corrected chi connectivity index (χ4v) is 3.14. The number of halogens is 1. The average Bonchev–Trinajstić information content (AvgIpc) is 2.88. The molecular weight excluding hydrogens is 406 g/mol. The summed E-state index contributed by atoms with van der Waals surface area (Å²) in [6.45, 7) is 0.348. The van der Waals surface area contributed by atoms with Crippen molar-refractivity contribution in [3.8, 4) is 17.2 Å². The van der Waals surface area contributed by atoms with Crippen LogP contribution in [0.1, 0.15) is 15.9 Å². The third kappa shape index (κ3) is 4.31. The van der Waals surface area contributed by atoms with E-state index in [0.717, 1.165) is 11.3 Å². The van der Waals surface area contributed by atoms with Gasteiger partial charge in [-0.3, -0.25) is 4.79 Å². The molecule has 0 unspecified atom stereocenters. The first kappa shape index (κ1) is 19.6. The van der Waals surface area contributed by atoms with E-state index in [1.165, 1.54) is 0 Å². The number of benzene rings is 3. The zero-order valence-corrected chi connectivity index (χ0v) is 16.7. The van der Waals surface area contributed by atoms with Crippen LogP contribution in [-0.4, -0.2) is 19.0 Å². The number of ether oxygens (including phenoxy) is 2. The molecule has 1 aliphatic rings. The molecule has 3 amide bonds. The lowest BCUT2D eigenvalue weighted by atomic mass is 10.1. The molecule has 0 aliphatic carbocycles. The first-order chi connectivity index (χ1) is 14.5. The quantitative estimate of drug-likeness (QED) is 0.549. The minimum atomic E-state index is -0.393. The van der Waals surface area contributed by atoms with Crippen LogP contribution in [0.3, 0.4) is 0 Å². The Morgan fingerprint density at radius 3 is 2.60 bits per heavy atom. The van der Waals surface area contributed by atoms with Crippen molar-refractivity contribution >= 4 is 34.9 Å². The van der Waals surface area contributed by atoms with Gasteiger partial charge in [0.05, 0.1) is 18.4 Å². The van der Waals surface area contributed by atoms with Gasteiger partial charge in [-0.1, -0.05) is 23.7 Å². The molecule has 3 aromatic rings. The second-order valence-corrected chi connectivity index (χ2v) is 7.00. The van der Waals surface area contributed by atoms with Gasteiger partial charge in [0.1, 0.15) is 11.5 Å². The van der Waals surface area contributed by atoms with Crippen molar-refractivity contribution in [2.45, 2.75) is 6.54 Å². The molecule has 30 heavy (non-hydrogen) atoms. The summed E-state index contributed by atoms with van der Waals surface area (Å²) in [6, 6.07) is 16.8. The standard InChI is InChI=1S/C22H18ClN3O4/c1-29-16-6-2-13(3-7-16)12-24-22(28)25-15-5-9-19-17(11-15)21(27)26-18-10-14(23)4-8-20(18)30-19/h2-11H,12H2,1H3,(H,26,27)(H2,24,25,28). The second kappa shape index (κ2) is 8.34. The van der Waals surface area contributed by atoms with Crippen LogP contribution in [0.15, 0.2) is 60.7 Å². The van der Waals surface area contributed by atoms with Crippen LogP contribution in [0.5, 0.6) is 17.2 Å². The Balaban J connectivity index is 1.44. The fourth-order valence-electron chi connectivity index (χ4n) is 2.97. The van der Waals surface area contributed by atoms with Gasteiger partial charge in [-0.05, 0) is 54.1 Å². The lowest BCUT2D eigenvalue weighted by Crippen LogP contribution is -2.28. The molecule has 0 saturated heterocycles. The number of methoxy groups -OCH3 is 1. The highest BCUT2D eigenvalue weighted by Gasteiger charge is 2.21. The van der Waals surface area contributed by atoms with E-state index in [1.807, 2.05) is 24.3 Å². The Bertz CT molecular complexity index is 1120. The summed E-state index contributed by atoms with van der Waals surface area (Å²) in [5.74, 6) is 1.27. The minimum Gasteiger partial charge on any atom is -0.497 e. The number of amides is 3. The van der Waals surface area contributed by atoms with Crippen LogP contribution in [0.4, 0.5) is 16.2 Å². The molecule has 0 atom stereocenters. The van der Waals surface area contributed by atoms with Gasteiger partial charge in [0, 0.05) is 17.3 Å². The topological polar surface area (TPSA) is 88.7 Å². The highest BCUT2D eigenvalue weighted by atomic mass is 35.5. The molecule has 7 nitrogen and oxygen atoms in total. The molecule has 0 saturated carbocycles. The molecule has 1 aliphatic heterocycles. The molecule has 0 aromatic heterocycles. The van der Waals surface area contributed by atoms with Crippen molar-refractivity contribution in [3.63, 3.8) is 0 Å². The molecule has 0 fully saturated rings. The minimum absolute atomic E-state index is 0.301. The molecule has 4 rings (SSSR count). The van der Waals surface area contributed by atoms with Crippen molar-refractivity contribution in [1.29, 1.82) is 0 Å². The van der Waals surface area contributed by atoms with E-state index in [0.29, 0.717) is 40.0 Å². The van der Waals surface area contributed by atoms with Gasteiger partial charge < -0.3 is 25.4 Å². The number of nitrogens with one attached hydrogen (secondary N) is 3. The van der Waals surface area contributed by atoms with E-state index in [-0.39, 0.29) is 5.91 Å². The predicted octanol–water partition coefficient (Wildman–Crippen LogP) is 5.03. The van der Waals surface area contributed by atoms with E-state index >= 15 is 0 Å². The Hall–Kier alpha value is -3.71. The highest BCUT2D eigenvalue weighted by Crippen LogP contribution is 2.37. The molecule has 0 radical (unpaired) electrons. The number of carbonyl (C=O) groups excluding carboxylic acids is 2. The Labute approximate surface area is 178 Å². The largest absolute Gasteiger partial charge is 0.497 e. The zero-order chi connectivity index (χ0) is 21.1. The molecule has 152 valence electrons. The molecule has 0 spiro atoms. The number of hydrogen-bond acceptors (Lipinski definition) is 4. The summed E-state index contributed by atoms with van der Waals surface area (Å²) in [5, 5.41) is 8.75. The van der Waals surface area contributed by atoms with Crippen LogP contribution in [-0.2, 0) is 6.54 Å². The number of hydrogen-bond donors (Lipinski definition) is 3. The maximum Gasteiger partial charge on any atom is 0.319 e. The van der Waals surface area contributed by atoms with Crippen LogP contribution in [0.25, 0.3) is 0 Å². The SMILES string of the molecule is COc1ccc(CNC(=O)Nc2ccc3c(c2)C(=O)Nc2cc(Cl)ccc2O3)cc1. The van der Waals surface area contributed by atoms with Crippen molar-refractivity contribution in [1.82, 2.24) is 5.32 Å². The Morgan fingerprint density at radius 2 is 1.83 bits per heavy atom. The summed E-state index contributed by atoms with van der Waals surface area (Å²) in [4.78, 5) is 24.9. The van der Waals surface area contributed by atoms with Gasteiger partial charge in [-0.25, -0.2) is 4.79 Å². The van der Waals surface area contributed by atoms with Crippen LogP contribution in [0.2, 0.25) is 5.02 Å². The number of urea groups is 1. The molecule has 1 heterocycles. The normalized spacial score (nSPS) is 11.9. The Kier molecular flexibility index (Phi) is 5.45. The summed E-state index contributed by atoms with van der Waals surface area (Å²) in [6.07, 6.45) is 0. The summed E-state index contributed by atoms with van der Waals surface area (Å²) < 4.78 is 10.9. The van der Waals surface area contributed by atoms with Gasteiger partial charge in [0.25, 0.3) is 5.91 Å². The third-order valence-corrected chi connectivity index (χ3v) is 4.74. The highest BCUT2D eigenvalue weighted by molar-refractivity contribution is 6.31. The zero-order valence-electron chi connectivity index (χ0n) is 16.0.